The molecular formula is C24H20F2N4O4. The van der Waals surface area contributed by atoms with E-state index in [2.05, 4.69) is 25.2 Å². The number of halogens is 2. The Bertz CT molecular complexity index is 1250. The SMILES string of the molecule is COc1ccc(-c2cc(NC(=O)CCc3nc(-c4ccccn4)no3)ccc2OC(F)F)cc1. The van der Waals surface area contributed by atoms with E-state index in [0.717, 1.165) is 0 Å². The fourth-order valence-corrected chi connectivity index (χ4v) is 3.20. The standard InChI is InChI=1S/C24H20F2N4O4/c1-32-17-8-5-15(6-9-17)18-14-16(7-10-20(18)33-24(25)26)28-21(31)11-12-22-29-23(30-34-22)19-4-2-3-13-27-19/h2-10,13-14,24H,11-12H2,1H3,(H,28,31). The molecule has 8 nitrogen and oxygen atoms in total. The van der Waals surface area contributed by atoms with Gasteiger partial charge in [-0.15, -0.1) is 0 Å². The fourth-order valence-electron chi connectivity index (χ4n) is 3.20. The molecule has 4 aromatic rings. The Balaban J connectivity index is 1.44. The van der Waals surface area contributed by atoms with Crippen molar-refractivity contribution in [2.24, 2.45) is 0 Å². The third-order valence-corrected chi connectivity index (χ3v) is 4.81. The van der Waals surface area contributed by atoms with Crippen LogP contribution in [0.2, 0.25) is 0 Å². The van der Waals surface area contributed by atoms with E-state index in [4.69, 9.17) is 9.26 Å². The highest BCUT2D eigenvalue weighted by atomic mass is 19.3. The number of nitrogens with one attached hydrogen (secondary N) is 1. The van der Waals surface area contributed by atoms with Gasteiger partial charge in [-0.25, -0.2) is 0 Å². The van der Waals surface area contributed by atoms with E-state index < -0.39 is 6.61 Å². The maximum absolute atomic E-state index is 12.9. The molecule has 1 amide bonds. The van der Waals surface area contributed by atoms with Gasteiger partial charge in [0.15, 0.2) is 0 Å². The molecule has 1 N–H and O–H groups in total. The van der Waals surface area contributed by atoms with E-state index in [1.165, 1.54) is 19.2 Å². The highest BCUT2D eigenvalue weighted by molar-refractivity contribution is 5.92. The van der Waals surface area contributed by atoms with Gasteiger partial charge >= 0.3 is 6.61 Å². The zero-order valence-corrected chi connectivity index (χ0v) is 18.1. The molecule has 0 fully saturated rings. The van der Waals surface area contributed by atoms with Crippen LogP contribution in [0.1, 0.15) is 12.3 Å². The van der Waals surface area contributed by atoms with Crippen molar-refractivity contribution in [2.75, 3.05) is 12.4 Å². The Morgan fingerprint density at radius 3 is 2.65 bits per heavy atom. The second-order valence-corrected chi connectivity index (χ2v) is 7.09. The maximum atomic E-state index is 12.9. The van der Waals surface area contributed by atoms with Crippen LogP contribution in [0, 0.1) is 0 Å². The Hall–Kier alpha value is -4.34. The summed E-state index contributed by atoms with van der Waals surface area (Å²) in [5, 5.41) is 6.63. The lowest BCUT2D eigenvalue weighted by Crippen LogP contribution is -2.12. The first kappa shape index (κ1) is 22.8. The van der Waals surface area contributed by atoms with Gasteiger partial charge < -0.3 is 19.3 Å². The number of carbonyl (C=O) groups excluding carboxylic acids is 1. The van der Waals surface area contributed by atoms with Gasteiger partial charge in [-0.3, -0.25) is 9.78 Å². The Labute approximate surface area is 193 Å². The molecule has 10 heteroatoms. The summed E-state index contributed by atoms with van der Waals surface area (Å²) in [6.07, 6.45) is 1.93. The van der Waals surface area contributed by atoms with Gasteiger partial charge in [0.05, 0.1) is 7.11 Å². The molecule has 0 aliphatic heterocycles. The van der Waals surface area contributed by atoms with Crippen LogP contribution in [0.25, 0.3) is 22.6 Å². The lowest BCUT2D eigenvalue weighted by atomic mass is 10.0. The van der Waals surface area contributed by atoms with Crippen LogP contribution in [-0.4, -0.2) is 34.8 Å². The van der Waals surface area contributed by atoms with E-state index in [1.54, 1.807) is 48.7 Å². The number of anilines is 1. The van der Waals surface area contributed by atoms with Crippen molar-refractivity contribution in [1.29, 1.82) is 0 Å². The Kier molecular flexibility index (Phi) is 7.07. The van der Waals surface area contributed by atoms with Crippen LogP contribution in [-0.2, 0) is 11.2 Å². The molecule has 34 heavy (non-hydrogen) atoms. The first-order chi connectivity index (χ1) is 16.5. The van der Waals surface area contributed by atoms with Gasteiger partial charge in [0.25, 0.3) is 0 Å². The number of hydrogen-bond donors (Lipinski definition) is 1. The van der Waals surface area contributed by atoms with Crippen molar-refractivity contribution in [2.45, 2.75) is 19.5 Å². The molecule has 0 radical (unpaired) electrons. The molecule has 2 heterocycles. The second-order valence-electron chi connectivity index (χ2n) is 7.09. The average molecular weight is 466 g/mol. The van der Waals surface area contributed by atoms with Gasteiger partial charge in [0, 0.05) is 30.3 Å². The van der Waals surface area contributed by atoms with Crippen LogP contribution in [0.4, 0.5) is 14.5 Å². The largest absolute Gasteiger partial charge is 0.497 e. The van der Waals surface area contributed by atoms with Crippen molar-refractivity contribution >= 4 is 11.6 Å². The third kappa shape index (κ3) is 5.71. The summed E-state index contributed by atoms with van der Waals surface area (Å²) in [4.78, 5) is 20.9. The maximum Gasteiger partial charge on any atom is 0.387 e. The van der Waals surface area contributed by atoms with Crippen molar-refractivity contribution < 1.29 is 27.6 Å². The van der Waals surface area contributed by atoms with Gasteiger partial charge in [-0.05, 0) is 48.0 Å². The minimum Gasteiger partial charge on any atom is -0.497 e. The zero-order chi connectivity index (χ0) is 23.9. The first-order valence-electron chi connectivity index (χ1n) is 10.3. The Morgan fingerprint density at radius 2 is 1.94 bits per heavy atom. The van der Waals surface area contributed by atoms with Crippen molar-refractivity contribution in [3.05, 3.63) is 72.8 Å². The molecule has 0 aliphatic carbocycles. The molecule has 4 rings (SSSR count). The van der Waals surface area contributed by atoms with E-state index >= 15 is 0 Å². The lowest BCUT2D eigenvalue weighted by molar-refractivity contribution is -0.116. The van der Waals surface area contributed by atoms with Crippen LogP contribution < -0.4 is 14.8 Å². The number of aromatic nitrogens is 3. The summed E-state index contributed by atoms with van der Waals surface area (Å²) >= 11 is 0. The molecular weight excluding hydrogens is 446 g/mol. The normalized spacial score (nSPS) is 10.8. The monoisotopic (exact) mass is 466 g/mol. The number of carbonyl (C=O) groups is 1. The molecule has 2 aromatic heterocycles. The quantitative estimate of drug-likeness (QED) is 0.371. The number of ether oxygens (including phenoxy) is 2. The molecule has 0 spiro atoms. The van der Waals surface area contributed by atoms with Crippen molar-refractivity contribution in [1.82, 2.24) is 15.1 Å². The topological polar surface area (TPSA) is 99.4 Å². The van der Waals surface area contributed by atoms with Crippen LogP contribution in [0.15, 0.2) is 71.4 Å². The van der Waals surface area contributed by atoms with Gasteiger partial charge in [-0.1, -0.05) is 23.4 Å². The summed E-state index contributed by atoms with van der Waals surface area (Å²) in [5.41, 5.74) is 2.02. The molecule has 0 saturated carbocycles. The molecule has 0 bridgehead atoms. The molecule has 174 valence electrons. The average Bonchev–Trinajstić information content (AvgIpc) is 3.33. The number of hydrogen-bond acceptors (Lipinski definition) is 7. The first-order valence-corrected chi connectivity index (χ1v) is 10.3. The number of nitrogens with zero attached hydrogens (tertiary/aromatic N) is 3. The minimum absolute atomic E-state index is 0.00826. The number of methoxy groups -OCH3 is 1. The highest BCUT2D eigenvalue weighted by Gasteiger charge is 2.15. The summed E-state index contributed by atoms with van der Waals surface area (Å²) < 4.78 is 40.7. The number of amides is 1. The Morgan fingerprint density at radius 1 is 1.12 bits per heavy atom. The second kappa shape index (κ2) is 10.5. The minimum atomic E-state index is -2.98. The lowest BCUT2D eigenvalue weighted by Gasteiger charge is -2.14. The number of rotatable bonds is 9. The van der Waals surface area contributed by atoms with E-state index in [0.29, 0.717) is 40.0 Å². The zero-order valence-electron chi connectivity index (χ0n) is 18.1. The van der Waals surface area contributed by atoms with Gasteiger partial charge in [0.1, 0.15) is 17.2 Å². The van der Waals surface area contributed by atoms with Crippen molar-refractivity contribution in [3.63, 3.8) is 0 Å². The molecule has 0 aliphatic rings. The number of benzene rings is 2. The fraction of sp³-hybridized carbons (Fsp3) is 0.167. The summed E-state index contributed by atoms with van der Waals surface area (Å²) in [6, 6.07) is 16.6. The van der Waals surface area contributed by atoms with Crippen LogP contribution in [0.5, 0.6) is 11.5 Å². The number of alkyl halides is 2. The van der Waals surface area contributed by atoms with Crippen LogP contribution >= 0.6 is 0 Å². The van der Waals surface area contributed by atoms with Gasteiger partial charge in [-0.2, -0.15) is 13.8 Å². The molecule has 2 aromatic carbocycles. The highest BCUT2D eigenvalue weighted by Crippen LogP contribution is 2.34. The van der Waals surface area contributed by atoms with Crippen LogP contribution in [0.3, 0.4) is 0 Å². The molecule has 0 unspecified atom stereocenters. The smallest absolute Gasteiger partial charge is 0.387 e. The summed E-state index contributed by atoms with van der Waals surface area (Å²) in [5.74, 6) is 0.953. The van der Waals surface area contributed by atoms with E-state index in [-0.39, 0.29) is 24.5 Å². The predicted octanol–water partition coefficient (Wildman–Crippen LogP) is 4.98. The molecule has 0 atom stereocenters. The van der Waals surface area contributed by atoms with Crippen molar-refractivity contribution in [3.8, 4) is 34.1 Å². The predicted molar refractivity (Wildman–Crippen MR) is 120 cm³/mol. The summed E-state index contributed by atoms with van der Waals surface area (Å²) in [7, 11) is 1.53. The number of aryl methyl sites for hydroxylation is 1. The molecule has 0 saturated heterocycles. The summed E-state index contributed by atoms with van der Waals surface area (Å²) in [6.45, 7) is -2.98. The third-order valence-electron chi connectivity index (χ3n) is 4.81. The van der Waals surface area contributed by atoms with Gasteiger partial charge in [0.2, 0.25) is 17.6 Å². The van der Waals surface area contributed by atoms with E-state index in [1.807, 2.05) is 6.07 Å². The van der Waals surface area contributed by atoms with E-state index in [9.17, 15) is 13.6 Å². The number of pyridine rings is 1.